The Morgan fingerprint density at radius 2 is 1.67 bits per heavy atom. The van der Waals surface area contributed by atoms with Crippen molar-refractivity contribution >= 4 is 11.8 Å². The summed E-state index contributed by atoms with van der Waals surface area (Å²) in [6.07, 6.45) is 2.13. The predicted octanol–water partition coefficient (Wildman–Crippen LogP) is 3.78. The van der Waals surface area contributed by atoms with Crippen LogP contribution in [0.15, 0.2) is 30.3 Å². The normalized spacial score (nSPS) is 10.4. The van der Waals surface area contributed by atoms with Crippen molar-refractivity contribution in [1.82, 2.24) is 9.97 Å². The van der Waals surface area contributed by atoms with Crippen molar-refractivity contribution in [3.63, 3.8) is 0 Å². The smallest absolute Gasteiger partial charge is 0.224 e. The highest BCUT2D eigenvalue weighted by molar-refractivity contribution is 5.42. The van der Waals surface area contributed by atoms with Crippen molar-refractivity contribution < 1.29 is 0 Å². The number of rotatable bonds is 7. The van der Waals surface area contributed by atoms with Crippen molar-refractivity contribution in [3.05, 3.63) is 47.2 Å². The zero-order valence-electron chi connectivity index (χ0n) is 13.1. The summed E-state index contributed by atoms with van der Waals surface area (Å²) in [5, 5.41) is 6.59. The monoisotopic (exact) mass is 284 g/mol. The number of hydrogen-bond donors (Lipinski definition) is 2. The molecule has 0 fully saturated rings. The van der Waals surface area contributed by atoms with Gasteiger partial charge in [0.15, 0.2) is 0 Å². The SMILES string of the molecule is CCCNc1nc(C)cc(NCc2ccc(CC)cc2)n1. The summed E-state index contributed by atoms with van der Waals surface area (Å²) < 4.78 is 0. The lowest BCUT2D eigenvalue weighted by Crippen LogP contribution is -2.08. The van der Waals surface area contributed by atoms with Crippen molar-refractivity contribution in [2.45, 2.75) is 40.2 Å². The van der Waals surface area contributed by atoms with Crippen molar-refractivity contribution in [3.8, 4) is 0 Å². The Morgan fingerprint density at radius 3 is 2.33 bits per heavy atom. The highest BCUT2D eigenvalue weighted by Gasteiger charge is 2.02. The van der Waals surface area contributed by atoms with Gasteiger partial charge in [-0.15, -0.1) is 0 Å². The molecule has 21 heavy (non-hydrogen) atoms. The zero-order chi connectivity index (χ0) is 15.1. The van der Waals surface area contributed by atoms with Gasteiger partial charge in [-0.2, -0.15) is 4.98 Å². The van der Waals surface area contributed by atoms with Gasteiger partial charge in [-0.3, -0.25) is 0 Å². The van der Waals surface area contributed by atoms with Gasteiger partial charge in [-0.1, -0.05) is 38.1 Å². The van der Waals surface area contributed by atoms with Crippen LogP contribution in [0.2, 0.25) is 0 Å². The zero-order valence-corrected chi connectivity index (χ0v) is 13.1. The minimum atomic E-state index is 0.695. The van der Waals surface area contributed by atoms with Crippen LogP contribution in [0, 0.1) is 6.92 Å². The lowest BCUT2D eigenvalue weighted by atomic mass is 10.1. The van der Waals surface area contributed by atoms with Gasteiger partial charge < -0.3 is 10.6 Å². The van der Waals surface area contributed by atoms with Gasteiger partial charge >= 0.3 is 0 Å². The third-order valence-corrected chi connectivity index (χ3v) is 3.29. The van der Waals surface area contributed by atoms with Crippen LogP contribution < -0.4 is 10.6 Å². The highest BCUT2D eigenvalue weighted by Crippen LogP contribution is 2.12. The van der Waals surface area contributed by atoms with E-state index in [4.69, 9.17) is 0 Å². The molecule has 1 aromatic heterocycles. The molecule has 0 saturated carbocycles. The van der Waals surface area contributed by atoms with E-state index < -0.39 is 0 Å². The van der Waals surface area contributed by atoms with Crippen molar-refractivity contribution in [1.29, 1.82) is 0 Å². The Hall–Kier alpha value is -2.10. The largest absolute Gasteiger partial charge is 0.366 e. The van der Waals surface area contributed by atoms with Crippen LogP contribution >= 0.6 is 0 Å². The molecule has 112 valence electrons. The number of benzene rings is 1. The number of nitrogens with zero attached hydrogens (tertiary/aromatic N) is 2. The molecule has 0 bridgehead atoms. The molecule has 0 spiro atoms. The lowest BCUT2D eigenvalue weighted by molar-refractivity contribution is 0.943. The first-order valence-electron chi connectivity index (χ1n) is 7.62. The molecule has 0 aliphatic heterocycles. The minimum absolute atomic E-state index is 0.695. The van der Waals surface area contributed by atoms with Crippen LogP contribution in [0.1, 0.15) is 37.1 Å². The number of nitrogens with one attached hydrogen (secondary N) is 2. The van der Waals surface area contributed by atoms with Gasteiger partial charge in [0.25, 0.3) is 0 Å². The summed E-state index contributed by atoms with van der Waals surface area (Å²) >= 11 is 0. The maximum Gasteiger partial charge on any atom is 0.224 e. The maximum absolute atomic E-state index is 4.49. The van der Waals surface area contributed by atoms with Crippen LogP contribution in [0.5, 0.6) is 0 Å². The molecule has 0 radical (unpaired) electrons. The molecule has 4 nitrogen and oxygen atoms in total. The molecule has 0 unspecified atom stereocenters. The van der Waals surface area contributed by atoms with E-state index in [0.29, 0.717) is 5.95 Å². The maximum atomic E-state index is 4.49. The van der Waals surface area contributed by atoms with Gasteiger partial charge in [0.1, 0.15) is 5.82 Å². The van der Waals surface area contributed by atoms with E-state index in [9.17, 15) is 0 Å². The third kappa shape index (κ3) is 4.74. The van der Waals surface area contributed by atoms with E-state index in [1.807, 2.05) is 13.0 Å². The van der Waals surface area contributed by atoms with Crippen LogP contribution in [-0.2, 0) is 13.0 Å². The van der Waals surface area contributed by atoms with Gasteiger partial charge in [0, 0.05) is 24.8 Å². The fourth-order valence-electron chi connectivity index (χ4n) is 2.06. The minimum Gasteiger partial charge on any atom is -0.366 e. The quantitative estimate of drug-likeness (QED) is 0.812. The number of hydrogen-bond acceptors (Lipinski definition) is 4. The Labute approximate surface area is 127 Å². The molecule has 0 saturated heterocycles. The fourth-order valence-corrected chi connectivity index (χ4v) is 2.06. The van der Waals surface area contributed by atoms with Crippen LogP contribution in [0.25, 0.3) is 0 Å². The summed E-state index contributed by atoms with van der Waals surface area (Å²) in [4.78, 5) is 8.87. The summed E-state index contributed by atoms with van der Waals surface area (Å²) in [5.41, 5.74) is 3.58. The summed E-state index contributed by atoms with van der Waals surface area (Å²) in [6.45, 7) is 7.94. The van der Waals surface area contributed by atoms with E-state index in [0.717, 1.165) is 37.4 Å². The Morgan fingerprint density at radius 1 is 0.952 bits per heavy atom. The van der Waals surface area contributed by atoms with Gasteiger partial charge in [0.2, 0.25) is 5.95 Å². The molecule has 2 rings (SSSR count). The second-order valence-corrected chi connectivity index (χ2v) is 5.17. The molecule has 0 amide bonds. The number of aryl methyl sites for hydroxylation is 2. The average molecular weight is 284 g/mol. The van der Waals surface area contributed by atoms with E-state index in [-0.39, 0.29) is 0 Å². The number of aromatic nitrogens is 2. The fraction of sp³-hybridized carbons (Fsp3) is 0.412. The van der Waals surface area contributed by atoms with E-state index in [1.165, 1.54) is 11.1 Å². The van der Waals surface area contributed by atoms with E-state index in [1.54, 1.807) is 0 Å². The van der Waals surface area contributed by atoms with Crippen molar-refractivity contribution in [2.75, 3.05) is 17.2 Å². The average Bonchev–Trinajstić information content (AvgIpc) is 2.51. The predicted molar refractivity (Wildman–Crippen MR) is 88.7 cm³/mol. The molecular weight excluding hydrogens is 260 g/mol. The third-order valence-electron chi connectivity index (χ3n) is 3.29. The molecule has 0 aliphatic rings. The standard InChI is InChI=1S/C17H24N4/c1-4-10-18-17-20-13(3)11-16(21-17)19-12-15-8-6-14(5-2)7-9-15/h6-9,11H,4-5,10,12H2,1-3H3,(H2,18,19,20,21). The van der Waals surface area contributed by atoms with Gasteiger partial charge in [0.05, 0.1) is 0 Å². The Bertz CT molecular complexity index is 564. The van der Waals surface area contributed by atoms with Gasteiger partial charge in [-0.05, 0) is 30.9 Å². The van der Waals surface area contributed by atoms with Crippen LogP contribution in [0.3, 0.4) is 0 Å². The molecule has 1 heterocycles. The number of anilines is 2. The molecule has 0 aliphatic carbocycles. The lowest BCUT2D eigenvalue weighted by Gasteiger charge is -2.10. The first-order valence-corrected chi connectivity index (χ1v) is 7.62. The van der Waals surface area contributed by atoms with E-state index in [2.05, 4.69) is 58.7 Å². The molecule has 0 atom stereocenters. The first-order chi connectivity index (χ1) is 10.2. The molecular formula is C17H24N4. The summed E-state index contributed by atoms with van der Waals surface area (Å²) in [6, 6.07) is 10.6. The summed E-state index contributed by atoms with van der Waals surface area (Å²) in [7, 11) is 0. The molecule has 4 heteroatoms. The second-order valence-electron chi connectivity index (χ2n) is 5.17. The van der Waals surface area contributed by atoms with Crippen molar-refractivity contribution in [2.24, 2.45) is 0 Å². The molecule has 2 N–H and O–H groups in total. The first kappa shape index (κ1) is 15.3. The molecule has 2 aromatic rings. The second kappa shape index (κ2) is 7.62. The highest BCUT2D eigenvalue weighted by atomic mass is 15.1. The Balaban J connectivity index is 1.99. The molecule has 1 aromatic carbocycles. The van der Waals surface area contributed by atoms with Crippen LogP contribution in [-0.4, -0.2) is 16.5 Å². The summed E-state index contributed by atoms with van der Waals surface area (Å²) in [5.74, 6) is 1.56. The topological polar surface area (TPSA) is 49.8 Å². The van der Waals surface area contributed by atoms with E-state index >= 15 is 0 Å². The van der Waals surface area contributed by atoms with Crippen LogP contribution in [0.4, 0.5) is 11.8 Å². The van der Waals surface area contributed by atoms with Gasteiger partial charge in [-0.25, -0.2) is 4.98 Å². The Kier molecular flexibility index (Phi) is 5.55.